The fourth-order valence-corrected chi connectivity index (χ4v) is 4.04. The van der Waals surface area contributed by atoms with Crippen LogP contribution in [-0.2, 0) is 9.53 Å². The van der Waals surface area contributed by atoms with Gasteiger partial charge in [-0.2, -0.15) is 0 Å². The largest absolute Gasteiger partial charge is 0.378 e. The molecule has 0 aromatic carbocycles. The molecule has 2 atom stereocenters. The molecule has 4 heteroatoms. The second-order valence-electron chi connectivity index (χ2n) is 6.03. The lowest BCUT2D eigenvalue weighted by atomic mass is 9.54. The average Bonchev–Trinajstić information content (AvgIpc) is 2.43. The summed E-state index contributed by atoms with van der Waals surface area (Å²) >= 11 is 0. The summed E-state index contributed by atoms with van der Waals surface area (Å²) in [6.07, 6.45) is 8.12. The molecule has 2 aliphatic carbocycles. The van der Waals surface area contributed by atoms with Crippen LogP contribution >= 0.6 is 0 Å². The molecule has 2 rings (SSSR count). The molecule has 0 aliphatic heterocycles. The fourth-order valence-electron chi connectivity index (χ4n) is 4.04. The van der Waals surface area contributed by atoms with Gasteiger partial charge in [-0.1, -0.05) is 19.3 Å². The number of nitrogens with zero attached hydrogens (tertiary/aromatic N) is 1. The van der Waals surface area contributed by atoms with E-state index >= 15 is 0 Å². The highest BCUT2D eigenvalue weighted by Gasteiger charge is 2.57. The Kier molecular flexibility index (Phi) is 4.85. The molecule has 0 saturated heterocycles. The third-order valence-corrected chi connectivity index (χ3v) is 5.11. The topological polar surface area (TPSA) is 55.6 Å². The number of amides is 1. The van der Waals surface area contributed by atoms with Gasteiger partial charge in [-0.25, -0.2) is 0 Å². The van der Waals surface area contributed by atoms with E-state index in [-0.39, 0.29) is 11.3 Å². The van der Waals surface area contributed by atoms with Crippen LogP contribution in [-0.4, -0.2) is 43.2 Å². The van der Waals surface area contributed by atoms with E-state index in [1.165, 1.54) is 32.1 Å². The lowest BCUT2D eigenvalue weighted by Crippen LogP contribution is -2.65. The van der Waals surface area contributed by atoms with Crippen LogP contribution in [0.5, 0.6) is 0 Å². The van der Waals surface area contributed by atoms with Crippen LogP contribution in [0, 0.1) is 5.41 Å². The van der Waals surface area contributed by atoms with E-state index in [1.807, 2.05) is 11.9 Å². The van der Waals surface area contributed by atoms with E-state index in [2.05, 4.69) is 6.92 Å². The fraction of sp³-hybridized carbons (Fsp3) is 0.933. The highest BCUT2D eigenvalue weighted by molar-refractivity contribution is 5.76. The maximum absolute atomic E-state index is 12.1. The molecule has 0 heterocycles. The average molecular weight is 268 g/mol. The minimum atomic E-state index is 0.187. The van der Waals surface area contributed by atoms with Gasteiger partial charge >= 0.3 is 0 Å². The second kappa shape index (κ2) is 6.23. The van der Waals surface area contributed by atoms with Gasteiger partial charge in [-0.05, 0) is 26.2 Å². The smallest absolute Gasteiger partial charge is 0.223 e. The van der Waals surface area contributed by atoms with E-state index in [1.54, 1.807) is 0 Å². The molecule has 0 aromatic heterocycles. The minimum Gasteiger partial charge on any atom is -0.378 e. The summed E-state index contributed by atoms with van der Waals surface area (Å²) in [7, 11) is 1.95. The molecular weight excluding hydrogens is 240 g/mol. The molecule has 1 spiro atoms. The molecule has 0 aromatic rings. The van der Waals surface area contributed by atoms with E-state index in [9.17, 15) is 4.79 Å². The Labute approximate surface area is 116 Å². The third-order valence-electron chi connectivity index (χ3n) is 5.11. The molecule has 0 bridgehead atoms. The highest BCUT2D eigenvalue weighted by Crippen LogP contribution is 2.55. The summed E-state index contributed by atoms with van der Waals surface area (Å²) < 4.78 is 5.93. The van der Waals surface area contributed by atoms with Gasteiger partial charge in [0.15, 0.2) is 0 Å². The Balaban J connectivity index is 2.06. The van der Waals surface area contributed by atoms with Gasteiger partial charge in [0.05, 0.1) is 6.10 Å². The van der Waals surface area contributed by atoms with Crippen molar-refractivity contribution in [3.63, 3.8) is 0 Å². The first-order valence-electron chi connectivity index (χ1n) is 7.73. The van der Waals surface area contributed by atoms with Gasteiger partial charge in [0.1, 0.15) is 0 Å². The number of carbonyl (C=O) groups excluding carboxylic acids is 1. The number of rotatable bonds is 5. The quantitative estimate of drug-likeness (QED) is 0.829. The van der Waals surface area contributed by atoms with Crippen LogP contribution in [0.15, 0.2) is 0 Å². The van der Waals surface area contributed by atoms with Crippen molar-refractivity contribution in [3.8, 4) is 0 Å². The number of hydrogen-bond donors (Lipinski definition) is 1. The zero-order chi connectivity index (χ0) is 13.9. The van der Waals surface area contributed by atoms with Crippen molar-refractivity contribution in [1.29, 1.82) is 0 Å². The predicted octanol–water partition coefficient (Wildman–Crippen LogP) is 1.92. The first-order chi connectivity index (χ1) is 9.15. The monoisotopic (exact) mass is 268 g/mol. The van der Waals surface area contributed by atoms with Gasteiger partial charge in [-0.3, -0.25) is 4.79 Å². The Bertz CT molecular complexity index is 313. The van der Waals surface area contributed by atoms with Crippen molar-refractivity contribution in [3.05, 3.63) is 0 Å². The van der Waals surface area contributed by atoms with Crippen molar-refractivity contribution in [1.82, 2.24) is 4.90 Å². The molecule has 19 heavy (non-hydrogen) atoms. The molecule has 1 amide bonds. The zero-order valence-corrected chi connectivity index (χ0v) is 12.4. The zero-order valence-electron chi connectivity index (χ0n) is 12.4. The van der Waals surface area contributed by atoms with Gasteiger partial charge < -0.3 is 15.4 Å². The SMILES string of the molecule is CCOC1CC(N(C)C(=O)CCN)C12CCCCC2. The lowest BCUT2D eigenvalue weighted by molar-refractivity contribution is -0.184. The van der Waals surface area contributed by atoms with Crippen molar-refractivity contribution < 1.29 is 9.53 Å². The van der Waals surface area contributed by atoms with Crippen LogP contribution in [0.3, 0.4) is 0 Å². The minimum absolute atomic E-state index is 0.187. The molecule has 2 unspecified atom stereocenters. The number of hydrogen-bond acceptors (Lipinski definition) is 3. The molecule has 2 N–H and O–H groups in total. The number of nitrogens with two attached hydrogens (primary N) is 1. The summed E-state index contributed by atoms with van der Waals surface area (Å²) in [5, 5.41) is 0. The van der Waals surface area contributed by atoms with Crippen LogP contribution in [0.25, 0.3) is 0 Å². The molecule has 110 valence electrons. The Morgan fingerprint density at radius 1 is 1.37 bits per heavy atom. The number of carbonyl (C=O) groups is 1. The molecule has 4 nitrogen and oxygen atoms in total. The number of ether oxygens (including phenoxy) is 1. The van der Waals surface area contributed by atoms with E-state index < -0.39 is 0 Å². The third kappa shape index (κ3) is 2.65. The van der Waals surface area contributed by atoms with Crippen molar-refractivity contribution in [2.75, 3.05) is 20.2 Å². The van der Waals surface area contributed by atoms with Gasteiger partial charge in [0.25, 0.3) is 0 Å². The van der Waals surface area contributed by atoms with Crippen LogP contribution in [0.1, 0.15) is 51.9 Å². The van der Waals surface area contributed by atoms with Crippen molar-refractivity contribution in [2.24, 2.45) is 11.1 Å². The van der Waals surface area contributed by atoms with E-state index in [0.717, 1.165) is 13.0 Å². The summed E-state index contributed by atoms with van der Waals surface area (Å²) in [6, 6.07) is 0.364. The first-order valence-corrected chi connectivity index (χ1v) is 7.73. The first kappa shape index (κ1) is 14.8. The second-order valence-corrected chi connectivity index (χ2v) is 6.03. The highest BCUT2D eigenvalue weighted by atomic mass is 16.5. The van der Waals surface area contributed by atoms with Crippen LogP contribution in [0.2, 0.25) is 0 Å². The van der Waals surface area contributed by atoms with Gasteiger partial charge in [-0.15, -0.1) is 0 Å². The normalized spacial score (nSPS) is 29.0. The van der Waals surface area contributed by atoms with Crippen molar-refractivity contribution >= 4 is 5.91 Å². The lowest BCUT2D eigenvalue weighted by Gasteiger charge is -2.60. The van der Waals surface area contributed by atoms with Crippen molar-refractivity contribution in [2.45, 2.75) is 64.0 Å². The summed E-state index contributed by atoms with van der Waals surface area (Å²) in [5.41, 5.74) is 5.73. The molecule has 2 saturated carbocycles. The van der Waals surface area contributed by atoms with Crippen LogP contribution in [0.4, 0.5) is 0 Å². The summed E-state index contributed by atoms with van der Waals surface area (Å²) in [5.74, 6) is 0.187. The van der Waals surface area contributed by atoms with Gasteiger partial charge in [0.2, 0.25) is 5.91 Å². The Morgan fingerprint density at radius 2 is 2.05 bits per heavy atom. The summed E-state index contributed by atoms with van der Waals surface area (Å²) in [4.78, 5) is 14.0. The Morgan fingerprint density at radius 3 is 2.63 bits per heavy atom. The van der Waals surface area contributed by atoms with Gasteiger partial charge in [0, 0.05) is 38.1 Å². The van der Waals surface area contributed by atoms with Crippen LogP contribution < -0.4 is 5.73 Å². The maximum atomic E-state index is 12.1. The van der Waals surface area contributed by atoms with E-state index in [4.69, 9.17) is 10.5 Å². The maximum Gasteiger partial charge on any atom is 0.223 e. The molecular formula is C15H28N2O2. The predicted molar refractivity (Wildman–Crippen MR) is 75.8 cm³/mol. The molecule has 2 aliphatic rings. The Hall–Kier alpha value is -0.610. The molecule has 0 radical (unpaired) electrons. The molecule has 2 fully saturated rings. The van der Waals surface area contributed by atoms with E-state index in [0.29, 0.717) is 25.1 Å². The standard InChI is InChI=1S/C15H28N2O2/c1-3-19-13-11-12(17(2)14(18)7-10-16)15(13)8-5-4-6-9-15/h12-13H,3-11,16H2,1-2H3. The summed E-state index contributed by atoms with van der Waals surface area (Å²) in [6.45, 7) is 3.28.